The normalized spacial score (nSPS) is 10.2. The van der Waals surface area contributed by atoms with E-state index >= 15 is 0 Å². The molecule has 0 saturated carbocycles. The van der Waals surface area contributed by atoms with E-state index < -0.39 is 0 Å². The van der Waals surface area contributed by atoms with Gasteiger partial charge in [0.15, 0.2) is 0 Å². The first-order valence-electron chi connectivity index (χ1n) is 5.25. The van der Waals surface area contributed by atoms with Crippen LogP contribution in [0.15, 0.2) is 35.0 Å². The van der Waals surface area contributed by atoms with Crippen LogP contribution in [-0.2, 0) is 11.3 Å². The Balaban J connectivity index is 2.05. The smallest absolute Gasteiger partial charge is 0.341 e. The Kier molecular flexibility index (Phi) is 3.18. The molecule has 5 nitrogen and oxygen atoms in total. The summed E-state index contributed by atoms with van der Waals surface area (Å²) >= 11 is 0. The van der Waals surface area contributed by atoms with Crippen molar-refractivity contribution in [2.45, 2.75) is 13.5 Å². The molecular weight excluding hydrogens is 220 g/mol. The van der Waals surface area contributed by atoms with Gasteiger partial charge in [0.1, 0.15) is 17.1 Å². The average molecular weight is 234 g/mol. The van der Waals surface area contributed by atoms with E-state index in [1.807, 2.05) is 29.2 Å². The molecule has 90 valence electrons. The van der Waals surface area contributed by atoms with Crippen molar-refractivity contribution in [3.63, 3.8) is 0 Å². The second kappa shape index (κ2) is 4.78. The van der Waals surface area contributed by atoms with Gasteiger partial charge in [-0.05, 0) is 25.1 Å². The maximum absolute atomic E-state index is 11.4. The maximum atomic E-state index is 11.4. The fraction of sp³-hybridized carbons (Fsp3) is 0.250. The van der Waals surface area contributed by atoms with Crippen molar-refractivity contribution < 1.29 is 13.9 Å². The standard InChI is InChI=1S/C12H14N2O3/c1-9-11(12(15)16-2)7-10(17-9)8-13-14-5-3-4-6-14/h3-7,13H,8H2,1-2H3. The fourth-order valence-electron chi connectivity index (χ4n) is 1.55. The van der Waals surface area contributed by atoms with Gasteiger partial charge in [0, 0.05) is 12.4 Å². The Morgan fingerprint density at radius 1 is 1.47 bits per heavy atom. The molecule has 2 heterocycles. The Labute approximate surface area is 99.0 Å². The molecule has 0 spiro atoms. The van der Waals surface area contributed by atoms with Crippen LogP contribution >= 0.6 is 0 Å². The number of esters is 1. The van der Waals surface area contributed by atoms with Gasteiger partial charge in [-0.25, -0.2) is 4.79 Å². The summed E-state index contributed by atoms with van der Waals surface area (Å²) in [5.41, 5.74) is 3.58. The third kappa shape index (κ3) is 2.50. The first kappa shape index (κ1) is 11.3. The highest BCUT2D eigenvalue weighted by atomic mass is 16.5. The van der Waals surface area contributed by atoms with Crippen molar-refractivity contribution >= 4 is 5.97 Å². The molecule has 0 unspecified atom stereocenters. The molecule has 2 rings (SSSR count). The summed E-state index contributed by atoms with van der Waals surface area (Å²) in [5, 5.41) is 0. The van der Waals surface area contributed by atoms with E-state index in [1.165, 1.54) is 7.11 Å². The summed E-state index contributed by atoms with van der Waals surface area (Å²) < 4.78 is 11.9. The zero-order chi connectivity index (χ0) is 12.3. The number of carbonyl (C=O) groups is 1. The van der Waals surface area contributed by atoms with Crippen LogP contribution in [0.2, 0.25) is 0 Å². The van der Waals surface area contributed by atoms with Crippen LogP contribution in [0.25, 0.3) is 0 Å². The van der Waals surface area contributed by atoms with Gasteiger partial charge in [-0.1, -0.05) is 0 Å². The third-order valence-electron chi connectivity index (χ3n) is 2.41. The number of carbonyl (C=O) groups excluding carboxylic acids is 1. The molecule has 2 aromatic heterocycles. The predicted molar refractivity (Wildman–Crippen MR) is 62.3 cm³/mol. The summed E-state index contributed by atoms with van der Waals surface area (Å²) in [4.78, 5) is 11.4. The number of ether oxygens (including phenoxy) is 1. The topological polar surface area (TPSA) is 56.4 Å². The van der Waals surface area contributed by atoms with Crippen molar-refractivity contribution in [1.82, 2.24) is 4.68 Å². The number of rotatable bonds is 4. The van der Waals surface area contributed by atoms with Gasteiger partial charge < -0.3 is 14.6 Å². The van der Waals surface area contributed by atoms with E-state index in [0.717, 1.165) is 0 Å². The lowest BCUT2D eigenvalue weighted by Crippen LogP contribution is -2.11. The van der Waals surface area contributed by atoms with E-state index in [2.05, 4.69) is 10.2 Å². The van der Waals surface area contributed by atoms with Crippen LogP contribution in [0.3, 0.4) is 0 Å². The van der Waals surface area contributed by atoms with Crippen LogP contribution < -0.4 is 5.43 Å². The van der Waals surface area contributed by atoms with E-state index in [9.17, 15) is 4.79 Å². The minimum Gasteiger partial charge on any atom is -0.465 e. The molecule has 0 bridgehead atoms. The summed E-state index contributed by atoms with van der Waals surface area (Å²) in [6.45, 7) is 2.25. The minimum atomic E-state index is -0.376. The van der Waals surface area contributed by atoms with Crippen molar-refractivity contribution in [3.05, 3.63) is 47.7 Å². The number of furan rings is 1. The molecule has 1 N–H and O–H groups in total. The summed E-state index contributed by atoms with van der Waals surface area (Å²) in [6, 6.07) is 5.53. The van der Waals surface area contributed by atoms with Crippen molar-refractivity contribution in [2.24, 2.45) is 0 Å². The fourth-order valence-corrected chi connectivity index (χ4v) is 1.55. The van der Waals surface area contributed by atoms with E-state index in [-0.39, 0.29) is 5.97 Å². The number of aryl methyl sites for hydroxylation is 1. The molecule has 0 saturated heterocycles. The lowest BCUT2D eigenvalue weighted by Gasteiger charge is -2.04. The molecule has 17 heavy (non-hydrogen) atoms. The Hall–Kier alpha value is -2.17. The van der Waals surface area contributed by atoms with Crippen molar-refractivity contribution in [3.8, 4) is 0 Å². The van der Waals surface area contributed by atoms with Crippen molar-refractivity contribution in [2.75, 3.05) is 12.5 Å². The molecule has 5 heteroatoms. The average Bonchev–Trinajstić information content (AvgIpc) is 2.94. The van der Waals surface area contributed by atoms with E-state index in [4.69, 9.17) is 4.42 Å². The number of hydrogen-bond donors (Lipinski definition) is 1. The number of aromatic nitrogens is 1. The van der Waals surface area contributed by atoms with E-state index in [0.29, 0.717) is 23.6 Å². The summed E-state index contributed by atoms with van der Waals surface area (Å²) in [7, 11) is 1.35. The van der Waals surface area contributed by atoms with Crippen LogP contribution in [0.1, 0.15) is 21.9 Å². The largest absolute Gasteiger partial charge is 0.465 e. The van der Waals surface area contributed by atoms with Gasteiger partial charge in [0.2, 0.25) is 0 Å². The monoisotopic (exact) mass is 234 g/mol. The van der Waals surface area contributed by atoms with Gasteiger partial charge in [-0.15, -0.1) is 0 Å². The number of hydrogen-bond acceptors (Lipinski definition) is 4. The lowest BCUT2D eigenvalue weighted by molar-refractivity contribution is 0.0599. The molecule has 0 radical (unpaired) electrons. The predicted octanol–water partition coefficient (Wildman–Crippen LogP) is 1.92. The third-order valence-corrected chi connectivity index (χ3v) is 2.41. The SMILES string of the molecule is COC(=O)c1cc(CNn2cccc2)oc1C. The number of methoxy groups -OCH3 is 1. The molecule has 0 aliphatic rings. The zero-order valence-electron chi connectivity index (χ0n) is 9.77. The highest BCUT2D eigenvalue weighted by Gasteiger charge is 2.14. The van der Waals surface area contributed by atoms with Gasteiger partial charge in [0.05, 0.1) is 13.7 Å². The first-order valence-corrected chi connectivity index (χ1v) is 5.25. The number of nitrogens with zero attached hydrogens (tertiary/aromatic N) is 1. The summed E-state index contributed by atoms with van der Waals surface area (Å²) in [6.07, 6.45) is 3.77. The van der Waals surface area contributed by atoms with Gasteiger partial charge in [-0.3, -0.25) is 4.68 Å². The van der Waals surface area contributed by atoms with Crippen LogP contribution in [0, 0.1) is 6.92 Å². The van der Waals surface area contributed by atoms with Crippen LogP contribution in [0.5, 0.6) is 0 Å². The minimum absolute atomic E-state index is 0.376. The first-order chi connectivity index (χ1) is 8.20. The molecule has 0 aromatic carbocycles. The Bertz CT molecular complexity index is 500. The lowest BCUT2D eigenvalue weighted by atomic mass is 10.2. The second-order valence-electron chi connectivity index (χ2n) is 3.60. The highest BCUT2D eigenvalue weighted by Crippen LogP contribution is 2.15. The molecule has 0 fully saturated rings. The number of nitrogens with one attached hydrogen (secondary N) is 1. The van der Waals surface area contributed by atoms with Crippen LogP contribution in [0.4, 0.5) is 0 Å². The molecule has 2 aromatic rings. The molecule has 0 aliphatic heterocycles. The molecule has 0 amide bonds. The molecular formula is C12H14N2O3. The zero-order valence-corrected chi connectivity index (χ0v) is 9.77. The van der Waals surface area contributed by atoms with Gasteiger partial charge in [-0.2, -0.15) is 0 Å². The summed E-state index contributed by atoms with van der Waals surface area (Å²) in [5.74, 6) is 0.885. The van der Waals surface area contributed by atoms with E-state index in [1.54, 1.807) is 13.0 Å². The van der Waals surface area contributed by atoms with Gasteiger partial charge in [0.25, 0.3) is 0 Å². The quantitative estimate of drug-likeness (QED) is 0.821. The Morgan fingerprint density at radius 2 is 2.18 bits per heavy atom. The highest BCUT2D eigenvalue weighted by molar-refractivity contribution is 5.90. The second-order valence-corrected chi connectivity index (χ2v) is 3.60. The van der Waals surface area contributed by atoms with Gasteiger partial charge >= 0.3 is 5.97 Å². The van der Waals surface area contributed by atoms with Crippen molar-refractivity contribution in [1.29, 1.82) is 0 Å². The maximum Gasteiger partial charge on any atom is 0.341 e. The molecule has 0 atom stereocenters. The molecule has 0 aliphatic carbocycles. The Morgan fingerprint density at radius 3 is 2.82 bits per heavy atom. The van der Waals surface area contributed by atoms with Crippen LogP contribution in [-0.4, -0.2) is 17.8 Å².